The minimum Gasteiger partial charge on any atom is -0.262 e. The highest BCUT2D eigenvalue weighted by Gasteiger charge is 2.27. The van der Waals surface area contributed by atoms with Gasteiger partial charge >= 0.3 is 0 Å². The zero-order valence-corrected chi connectivity index (χ0v) is 8.44. The lowest BCUT2D eigenvalue weighted by Crippen LogP contribution is -1.89. The van der Waals surface area contributed by atoms with Crippen LogP contribution in [0.2, 0.25) is 0 Å². The summed E-state index contributed by atoms with van der Waals surface area (Å²) in [5.41, 5.74) is 1.63. The summed E-state index contributed by atoms with van der Waals surface area (Å²) in [5, 5.41) is 7.09. The third-order valence-corrected chi connectivity index (χ3v) is 2.48. The van der Waals surface area contributed by atoms with E-state index in [2.05, 4.69) is 25.1 Å². The molecule has 3 rings (SSSR count). The highest BCUT2D eigenvalue weighted by atomic mass is 15.2. The molecule has 2 aromatic rings. The molecule has 0 unspecified atom stereocenters. The van der Waals surface area contributed by atoms with Crippen LogP contribution in [0.25, 0.3) is 11.5 Å². The molecule has 1 fully saturated rings. The van der Waals surface area contributed by atoms with Crippen molar-refractivity contribution >= 4 is 0 Å². The van der Waals surface area contributed by atoms with Gasteiger partial charge in [-0.05, 0) is 19.8 Å². The number of aromatic nitrogens is 5. The van der Waals surface area contributed by atoms with Crippen LogP contribution in [-0.4, -0.2) is 25.1 Å². The normalized spacial score (nSPS) is 15.5. The Labute approximate surface area is 87.0 Å². The van der Waals surface area contributed by atoms with Gasteiger partial charge in [-0.3, -0.25) is 10.1 Å². The van der Waals surface area contributed by atoms with Crippen LogP contribution in [0.5, 0.6) is 0 Å². The molecule has 0 spiro atoms. The first-order valence-corrected chi connectivity index (χ1v) is 5.04. The molecule has 0 atom stereocenters. The number of H-pyrrole nitrogens is 1. The van der Waals surface area contributed by atoms with Gasteiger partial charge in [0, 0.05) is 12.1 Å². The minimum atomic E-state index is 0.588. The molecular weight excluding hydrogens is 190 g/mol. The fourth-order valence-corrected chi connectivity index (χ4v) is 1.44. The Kier molecular flexibility index (Phi) is 1.77. The number of hydrogen-bond acceptors (Lipinski definition) is 4. The summed E-state index contributed by atoms with van der Waals surface area (Å²) < 4.78 is 0. The molecule has 1 aliphatic rings. The second-order valence-electron chi connectivity index (χ2n) is 3.86. The Morgan fingerprint density at radius 2 is 2.13 bits per heavy atom. The number of aryl methyl sites for hydroxylation is 1. The number of hydrogen-bond donors (Lipinski definition) is 1. The predicted octanol–water partition coefficient (Wildman–Crippen LogP) is 1.45. The van der Waals surface area contributed by atoms with Crippen LogP contribution < -0.4 is 0 Å². The largest absolute Gasteiger partial charge is 0.262 e. The molecule has 15 heavy (non-hydrogen) atoms. The van der Waals surface area contributed by atoms with Crippen LogP contribution in [0.3, 0.4) is 0 Å². The van der Waals surface area contributed by atoms with Gasteiger partial charge in [-0.2, -0.15) is 5.10 Å². The maximum absolute atomic E-state index is 4.40. The summed E-state index contributed by atoms with van der Waals surface area (Å²) in [4.78, 5) is 12.8. The van der Waals surface area contributed by atoms with Crippen molar-refractivity contribution in [2.45, 2.75) is 25.7 Å². The van der Waals surface area contributed by atoms with Gasteiger partial charge in [-0.25, -0.2) is 9.97 Å². The lowest BCUT2D eigenvalue weighted by atomic mass is 10.4. The summed E-state index contributed by atoms with van der Waals surface area (Å²) in [6.07, 6.45) is 5.86. The lowest BCUT2D eigenvalue weighted by Gasteiger charge is -1.93. The quantitative estimate of drug-likeness (QED) is 0.798. The number of rotatable bonds is 2. The van der Waals surface area contributed by atoms with Gasteiger partial charge in [-0.15, -0.1) is 0 Å². The average molecular weight is 201 g/mol. The van der Waals surface area contributed by atoms with Gasteiger partial charge in [0.15, 0.2) is 0 Å². The molecule has 5 nitrogen and oxygen atoms in total. The Bertz CT molecular complexity index is 469. The fraction of sp³-hybridized carbons (Fsp3) is 0.400. The number of nitrogens with zero attached hydrogens (tertiary/aromatic N) is 4. The summed E-state index contributed by atoms with van der Waals surface area (Å²) >= 11 is 0. The van der Waals surface area contributed by atoms with Crippen molar-refractivity contribution in [2.24, 2.45) is 0 Å². The summed E-state index contributed by atoms with van der Waals surface area (Å²) in [6, 6.07) is 0. The topological polar surface area (TPSA) is 67.3 Å². The molecule has 1 saturated carbocycles. The lowest BCUT2D eigenvalue weighted by molar-refractivity contribution is 0.934. The molecule has 0 aliphatic heterocycles. The standard InChI is InChI=1S/C10H11N5/c1-6-4-12-8(5-11-6)10-13-9(14-15-10)7-2-3-7/h4-5,7H,2-3H2,1H3,(H,13,14,15). The van der Waals surface area contributed by atoms with Crippen molar-refractivity contribution in [1.29, 1.82) is 0 Å². The van der Waals surface area contributed by atoms with Crippen molar-refractivity contribution < 1.29 is 0 Å². The third-order valence-electron chi connectivity index (χ3n) is 2.48. The fourth-order valence-electron chi connectivity index (χ4n) is 1.44. The Morgan fingerprint density at radius 3 is 2.80 bits per heavy atom. The van der Waals surface area contributed by atoms with Gasteiger partial charge < -0.3 is 0 Å². The average Bonchev–Trinajstić information content (AvgIpc) is 2.99. The SMILES string of the molecule is Cc1cnc(-c2n[nH]c(C3CC3)n2)cn1. The van der Waals surface area contributed by atoms with Crippen LogP contribution >= 0.6 is 0 Å². The maximum Gasteiger partial charge on any atom is 0.201 e. The molecule has 0 aromatic carbocycles. The molecule has 0 radical (unpaired) electrons. The smallest absolute Gasteiger partial charge is 0.201 e. The van der Waals surface area contributed by atoms with Crippen LogP contribution in [0.15, 0.2) is 12.4 Å². The summed E-state index contributed by atoms with van der Waals surface area (Å²) in [6.45, 7) is 1.91. The first kappa shape index (κ1) is 8.52. The number of nitrogens with one attached hydrogen (secondary N) is 1. The second kappa shape index (κ2) is 3.12. The van der Waals surface area contributed by atoms with Crippen molar-refractivity contribution in [1.82, 2.24) is 25.1 Å². The predicted molar refractivity (Wildman–Crippen MR) is 54.1 cm³/mol. The molecule has 0 amide bonds. The first-order valence-electron chi connectivity index (χ1n) is 5.04. The van der Waals surface area contributed by atoms with Crippen molar-refractivity contribution in [3.8, 4) is 11.5 Å². The van der Waals surface area contributed by atoms with Crippen LogP contribution in [-0.2, 0) is 0 Å². The van der Waals surface area contributed by atoms with Crippen LogP contribution in [0.1, 0.15) is 30.3 Å². The van der Waals surface area contributed by atoms with Gasteiger partial charge in [0.1, 0.15) is 11.5 Å². The Morgan fingerprint density at radius 1 is 1.27 bits per heavy atom. The molecule has 0 bridgehead atoms. The first-order chi connectivity index (χ1) is 7.33. The van der Waals surface area contributed by atoms with Crippen molar-refractivity contribution in [3.05, 3.63) is 23.9 Å². The monoisotopic (exact) mass is 201 g/mol. The third kappa shape index (κ3) is 1.60. The van der Waals surface area contributed by atoms with E-state index in [-0.39, 0.29) is 0 Å². The Balaban J connectivity index is 1.93. The molecule has 5 heteroatoms. The van der Waals surface area contributed by atoms with Crippen LogP contribution in [0.4, 0.5) is 0 Å². The van der Waals surface area contributed by atoms with Crippen LogP contribution in [0, 0.1) is 6.92 Å². The summed E-state index contributed by atoms with van der Waals surface area (Å²) in [7, 11) is 0. The minimum absolute atomic E-state index is 0.588. The molecular formula is C10H11N5. The zero-order valence-electron chi connectivity index (χ0n) is 8.44. The van der Waals surface area contributed by atoms with E-state index in [1.807, 2.05) is 6.92 Å². The van der Waals surface area contributed by atoms with Gasteiger partial charge in [-0.1, -0.05) is 0 Å². The van der Waals surface area contributed by atoms with E-state index < -0.39 is 0 Å². The van der Waals surface area contributed by atoms with Crippen molar-refractivity contribution in [3.63, 3.8) is 0 Å². The zero-order chi connectivity index (χ0) is 10.3. The molecule has 0 saturated heterocycles. The van der Waals surface area contributed by atoms with Gasteiger partial charge in [0.2, 0.25) is 5.82 Å². The maximum atomic E-state index is 4.40. The highest BCUT2D eigenvalue weighted by molar-refractivity contribution is 5.46. The molecule has 2 aromatic heterocycles. The van der Waals surface area contributed by atoms with Gasteiger partial charge in [0.25, 0.3) is 0 Å². The van der Waals surface area contributed by atoms with Gasteiger partial charge in [0.05, 0.1) is 11.9 Å². The highest BCUT2D eigenvalue weighted by Crippen LogP contribution is 2.38. The molecule has 1 aliphatic carbocycles. The molecule has 76 valence electrons. The van der Waals surface area contributed by atoms with E-state index in [1.165, 1.54) is 12.8 Å². The number of aromatic amines is 1. The Hall–Kier alpha value is -1.78. The van der Waals surface area contributed by atoms with Crippen molar-refractivity contribution in [2.75, 3.05) is 0 Å². The van der Waals surface area contributed by atoms with E-state index in [4.69, 9.17) is 0 Å². The molecule has 1 N–H and O–H groups in total. The van der Waals surface area contributed by atoms with E-state index in [0.29, 0.717) is 11.7 Å². The molecule has 2 heterocycles. The van der Waals surface area contributed by atoms with E-state index in [0.717, 1.165) is 17.2 Å². The second-order valence-corrected chi connectivity index (χ2v) is 3.86. The van der Waals surface area contributed by atoms with E-state index >= 15 is 0 Å². The van der Waals surface area contributed by atoms with E-state index in [1.54, 1.807) is 12.4 Å². The van der Waals surface area contributed by atoms with E-state index in [9.17, 15) is 0 Å². The summed E-state index contributed by atoms with van der Waals surface area (Å²) in [5.74, 6) is 2.21.